The summed E-state index contributed by atoms with van der Waals surface area (Å²) in [5.74, 6) is -0.00464. The lowest BCUT2D eigenvalue weighted by molar-refractivity contribution is -0.120. The molecule has 0 fully saturated rings. The molecule has 1 N–H and O–H groups in total. The van der Waals surface area contributed by atoms with Crippen LogP contribution in [0.1, 0.15) is 11.1 Å². The van der Waals surface area contributed by atoms with Crippen molar-refractivity contribution in [1.82, 2.24) is 10.3 Å². The van der Waals surface area contributed by atoms with Crippen LogP contribution in [0.15, 0.2) is 57.7 Å². The predicted molar refractivity (Wildman–Crippen MR) is 83.7 cm³/mol. The van der Waals surface area contributed by atoms with Gasteiger partial charge in [-0.25, -0.2) is 4.98 Å². The highest BCUT2D eigenvalue weighted by Gasteiger charge is 2.05. The number of rotatable bonds is 4. The van der Waals surface area contributed by atoms with Gasteiger partial charge in [-0.05, 0) is 35.4 Å². The van der Waals surface area contributed by atoms with E-state index in [1.165, 1.54) is 6.39 Å². The Morgan fingerprint density at radius 2 is 1.90 bits per heavy atom. The number of halogens is 1. The second kappa shape index (κ2) is 6.10. The second-order valence-corrected chi connectivity index (χ2v) is 5.65. The van der Waals surface area contributed by atoms with E-state index in [9.17, 15) is 4.79 Å². The summed E-state index contributed by atoms with van der Waals surface area (Å²) in [4.78, 5) is 16.0. The van der Waals surface area contributed by atoms with Gasteiger partial charge in [0.2, 0.25) is 5.91 Å². The van der Waals surface area contributed by atoms with E-state index in [-0.39, 0.29) is 5.91 Å². The van der Waals surface area contributed by atoms with Crippen molar-refractivity contribution in [2.24, 2.45) is 0 Å². The monoisotopic (exact) mass is 344 g/mol. The number of nitrogens with zero attached hydrogens (tertiary/aromatic N) is 1. The molecule has 0 aliphatic heterocycles. The molecule has 0 bridgehead atoms. The van der Waals surface area contributed by atoms with Crippen LogP contribution in [0, 0.1) is 0 Å². The maximum absolute atomic E-state index is 11.9. The lowest BCUT2D eigenvalue weighted by Crippen LogP contribution is -2.24. The van der Waals surface area contributed by atoms with E-state index in [1.54, 1.807) is 0 Å². The number of fused-ring (bicyclic) bond motifs is 1. The average Bonchev–Trinajstić information content (AvgIpc) is 2.95. The molecule has 0 aliphatic carbocycles. The second-order valence-electron chi connectivity index (χ2n) is 4.73. The number of oxazole rings is 1. The molecule has 0 atom stereocenters. The van der Waals surface area contributed by atoms with E-state index in [0.29, 0.717) is 13.0 Å². The fourth-order valence-electron chi connectivity index (χ4n) is 2.06. The average molecular weight is 345 g/mol. The molecular formula is C16H13BrN2O2. The van der Waals surface area contributed by atoms with Crippen LogP contribution in [0.3, 0.4) is 0 Å². The number of carbonyl (C=O) groups excluding carboxylic acids is 1. The summed E-state index contributed by atoms with van der Waals surface area (Å²) in [6.45, 7) is 0.478. The Balaban J connectivity index is 1.58. The Morgan fingerprint density at radius 3 is 2.71 bits per heavy atom. The predicted octanol–water partition coefficient (Wildman–Crippen LogP) is 3.45. The highest BCUT2D eigenvalue weighted by atomic mass is 79.9. The molecule has 5 heteroatoms. The molecule has 106 valence electrons. The summed E-state index contributed by atoms with van der Waals surface area (Å²) in [7, 11) is 0. The van der Waals surface area contributed by atoms with Crippen LogP contribution in [0.2, 0.25) is 0 Å². The number of aromatic nitrogens is 1. The Morgan fingerprint density at radius 1 is 1.14 bits per heavy atom. The van der Waals surface area contributed by atoms with Crippen molar-refractivity contribution in [3.05, 3.63) is 64.5 Å². The third kappa shape index (κ3) is 3.49. The van der Waals surface area contributed by atoms with Crippen molar-refractivity contribution in [1.29, 1.82) is 0 Å². The highest BCUT2D eigenvalue weighted by molar-refractivity contribution is 9.10. The van der Waals surface area contributed by atoms with Gasteiger partial charge < -0.3 is 9.73 Å². The molecule has 0 radical (unpaired) electrons. The number of benzene rings is 2. The summed E-state index contributed by atoms with van der Waals surface area (Å²) in [6.07, 6.45) is 1.79. The van der Waals surface area contributed by atoms with E-state index in [0.717, 1.165) is 26.7 Å². The molecule has 0 saturated carbocycles. The molecule has 0 aliphatic rings. The highest BCUT2D eigenvalue weighted by Crippen LogP contribution is 2.14. The minimum Gasteiger partial charge on any atom is -0.443 e. The summed E-state index contributed by atoms with van der Waals surface area (Å²) in [6, 6.07) is 13.4. The van der Waals surface area contributed by atoms with E-state index in [1.807, 2.05) is 42.5 Å². The van der Waals surface area contributed by atoms with Crippen molar-refractivity contribution in [3.63, 3.8) is 0 Å². The van der Waals surface area contributed by atoms with Crippen LogP contribution in [0.5, 0.6) is 0 Å². The van der Waals surface area contributed by atoms with E-state index < -0.39 is 0 Å². The van der Waals surface area contributed by atoms with Crippen LogP contribution in [-0.2, 0) is 17.8 Å². The number of hydrogen-bond donors (Lipinski definition) is 1. The van der Waals surface area contributed by atoms with Gasteiger partial charge in [0.25, 0.3) is 0 Å². The SMILES string of the molecule is O=C(Cc1ccc(Br)cc1)NCc1ccc2ncoc2c1. The van der Waals surface area contributed by atoms with E-state index in [4.69, 9.17) is 4.42 Å². The number of hydrogen-bond acceptors (Lipinski definition) is 3. The van der Waals surface area contributed by atoms with Crippen LogP contribution >= 0.6 is 15.9 Å². The zero-order valence-corrected chi connectivity index (χ0v) is 12.8. The molecule has 4 nitrogen and oxygen atoms in total. The molecule has 2 aromatic carbocycles. The molecule has 3 rings (SSSR count). The molecule has 1 amide bonds. The topological polar surface area (TPSA) is 55.1 Å². The van der Waals surface area contributed by atoms with Crippen molar-refractivity contribution < 1.29 is 9.21 Å². The lowest BCUT2D eigenvalue weighted by atomic mass is 10.1. The van der Waals surface area contributed by atoms with E-state index >= 15 is 0 Å². The smallest absolute Gasteiger partial charge is 0.224 e. The standard InChI is InChI=1S/C16H13BrN2O2/c17-13-4-1-11(2-5-13)8-16(20)18-9-12-3-6-14-15(7-12)21-10-19-14/h1-7,10H,8-9H2,(H,18,20). The third-order valence-corrected chi connectivity index (χ3v) is 3.69. The minimum atomic E-state index is -0.00464. The maximum Gasteiger partial charge on any atom is 0.224 e. The first-order chi connectivity index (χ1) is 10.2. The van der Waals surface area contributed by atoms with Gasteiger partial charge in [0.05, 0.1) is 6.42 Å². The summed E-state index contributed by atoms with van der Waals surface area (Å²) < 4.78 is 6.25. The van der Waals surface area contributed by atoms with Gasteiger partial charge in [0.15, 0.2) is 12.0 Å². The maximum atomic E-state index is 11.9. The molecule has 1 heterocycles. The van der Waals surface area contributed by atoms with Crippen molar-refractivity contribution in [2.75, 3.05) is 0 Å². The van der Waals surface area contributed by atoms with Gasteiger partial charge in [-0.15, -0.1) is 0 Å². The molecule has 3 aromatic rings. The molecular weight excluding hydrogens is 332 g/mol. The first-order valence-electron chi connectivity index (χ1n) is 6.54. The third-order valence-electron chi connectivity index (χ3n) is 3.16. The van der Waals surface area contributed by atoms with Gasteiger partial charge in [-0.1, -0.05) is 34.1 Å². The van der Waals surface area contributed by atoms with Crippen molar-refractivity contribution in [2.45, 2.75) is 13.0 Å². The Kier molecular flexibility index (Phi) is 4.01. The van der Waals surface area contributed by atoms with Crippen LogP contribution in [0.25, 0.3) is 11.1 Å². The Labute approximate surface area is 130 Å². The number of amides is 1. The van der Waals surface area contributed by atoms with Crippen LogP contribution in [-0.4, -0.2) is 10.9 Å². The van der Waals surface area contributed by atoms with E-state index in [2.05, 4.69) is 26.2 Å². The zero-order valence-electron chi connectivity index (χ0n) is 11.2. The largest absolute Gasteiger partial charge is 0.443 e. The summed E-state index contributed by atoms with van der Waals surface area (Å²) in [5.41, 5.74) is 3.53. The first-order valence-corrected chi connectivity index (χ1v) is 7.33. The Hall–Kier alpha value is -2.14. The fourth-order valence-corrected chi connectivity index (χ4v) is 2.32. The molecule has 0 saturated heterocycles. The van der Waals surface area contributed by atoms with Gasteiger partial charge in [-0.3, -0.25) is 4.79 Å². The quantitative estimate of drug-likeness (QED) is 0.788. The first kappa shape index (κ1) is 13.8. The minimum absolute atomic E-state index is 0.00464. The van der Waals surface area contributed by atoms with Gasteiger partial charge in [-0.2, -0.15) is 0 Å². The molecule has 0 spiro atoms. The van der Waals surface area contributed by atoms with Gasteiger partial charge >= 0.3 is 0 Å². The summed E-state index contributed by atoms with van der Waals surface area (Å²) >= 11 is 3.37. The molecule has 1 aromatic heterocycles. The van der Waals surface area contributed by atoms with Crippen molar-refractivity contribution >= 4 is 32.9 Å². The van der Waals surface area contributed by atoms with Crippen LogP contribution in [0.4, 0.5) is 0 Å². The molecule has 21 heavy (non-hydrogen) atoms. The van der Waals surface area contributed by atoms with Crippen LogP contribution < -0.4 is 5.32 Å². The van der Waals surface area contributed by atoms with Gasteiger partial charge in [0.1, 0.15) is 5.52 Å². The fraction of sp³-hybridized carbons (Fsp3) is 0.125. The van der Waals surface area contributed by atoms with Gasteiger partial charge in [0, 0.05) is 11.0 Å². The number of carbonyl (C=O) groups is 1. The zero-order chi connectivity index (χ0) is 14.7. The lowest BCUT2D eigenvalue weighted by Gasteiger charge is -2.05. The Bertz CT molecular complexity index is 765. The normalized spacial score (nSPS) is 10.7. The molecule has 0 unspecified atom stereocenters. The number of nitrogens with one attached hydrogen (secondary N) is 1. The van der Waals surface area contributed by atoms with Crippen molar-refractivity contribution in [3.8, 4) is 0 Å². The summed E-state index contributed by atoms with van der Waals surface area (Å²) in [5, 5.41) is 2.91.